The highest BCUT2D eigenvalue weighted by Gasteiger charge is 2.30. The van der Waals surface area contributed by atoms with Crippen LogP contribution in [0.3, 0.4) is 0 Å². The third kappa shape index (κ3) is 4.82. The predicted octanol–water partition coefficient (Wildman–Crippen LogP) is 3.76. The smallest absolute Gasteiger partial charge is 0.257 e. The second kappa shape index (κ2) is 7.94. The average molecular weight is 400 g/mol. The maximum Gasteiger partial charge on any atom is 0.257 e. The minimum absolute atomic E-state index is 0.103. The number of rotatable bonds is 6. The number of hydrogen-bond acceptors (Lipinski definition) is 6. The molecule has 0 aromatic carbocycles. The van der Waals surface area contributed by atoms with Gasteiger partial charge < -0.3 is 4.42 Å². The zero-order valence-electron chi connectivity index (χ0n) is 16.1. The molecule has 1 aliphatic heterocycles. The van der Waals surface area contributed by atoms with E-state index in [0.717, 1.165) is 17.8 Å². The maximum absolute atomic E-state index is 13.2. The predicted molar refractivity (Wildman–Crippen MR) is 104 cm³/mol. The molecule has 1 aliphatic rings. The van der Waals surface area contributed by atoms with Gasteiger partial charge in [-0.3, -0.25) is 14.7 Å². The summed E-state index contributed by atoms with van der Waals surface area (Å²) >= 11 is 0. The monoisotopic (exact) mass is 400 g/mol. The summed E-state index contributed by atoms with van der Waals surface area (Å²) in [4.78, 5) is 27.3. The fourth-order valence-corrected chi connectivity index (χ4v) is 3.76. The normalized spacial score (nSPS) is 16.4. The van der Waals surface area contributed by atoms with Crippen LogP contribution in [0.15, 0.2) is 41.4 Å². The van der Waals surface area contributed by atoms with Gasteiger partial charge in [0.25, 0.3) is 5.92 Å². The number of oxazole rings is 1. The third-order valence-electron chi connectivity index (χ3n) is 5.21. The number of carbonyl (C=O) groups excluding carboxylic acids is 1. The van der Waals surface area contributed by atoms with Gasteiger partial charge in [0.1, 0.15) is 11.5 Å². The molecule has 1 fully saturated rings. The topological polar surface area (TPSA) is 72.1 Å². The number of Topliss-reactive ketones (excluding diaryl/α,β-unsaturated/α-hetero) is 1. The lowest BCUT2D eigenvalue weighted by molar-refractivity contribution is -0.124. The van der Waals surface area contributed by atoms with E-state index in [2.05, 4.69) is 15.0 Å². The van der Waals surface area contributed by atoms with Crippen LogP contribution < -0.4 is 0 Å². The number of ketones is 1. The molecular weight excluding hydrogens is 378 g/mol. The molecular formula is C21H22F2N4O2. The van der Waals surface area contributed by atoms with Gasteiger partial charge in [-0.05, 0) is 44.1 Å². The van der Waals surface area contributed by atoms with E-state index in [-0.39, 0.29) is 24.7 Å². The molecule has 0 bridgehead atoms. The first kappa shape index (κ1) is 19.6. The van der Waals surface area contributed by atoms with Gasteiger partial charge in [0.15, 0.2) is 12.2 Å². The quantitative estimate of drug-likeness (QED) is 0.627. The van der Waals surface area contributed by atoms with Crippen molar-refractivity contribution in [3.63, 3.8) is 0 Å². The van der Waals surface area contributed by atoms with E-state index >= 15 is 0 Å². The third-order valence-corrected chi connectivity index (χ3v) is 5.21. The van der Waals surface area contributed by atoms with Crippen LogP contribution in [0.2, 0.25) is 0 Å². The van der Waals surface area contributed by atoms with Gasteiger partial charge >= 0.3 is 0 Å². The summed E-state index contributed by atoms with van der Waals surface area (Å²) in [6, 6.07) is 5.56. The van der Waals surface area contributed by atoms with Crippen LogP contribution >= 0.6 is 0 Å². The zero-order valence-corrected chi connectivity index (χ0v) is 16.1. The molecule has 0 N–H and O–H groups in total. The fourth-order valence-electron chi connectivity index (χ4n) is 3.76. The summed E-state index contributed by atoms with van der Waals surface area (Å²) < 4.78 is 31.6. The lowest BCUT2D eigenvalue weighted by Crippen LogP contribution is -2.42. The highest BCUT2D eigenvalue weighted by molar-refractivity contribution is 5.85. The van der Waals surface area contributed by atoms with Crippen molar-refractivity contribution in [2.45, 2.75) is 32.1 Å². The number of nitrogens with zero attached hydrogens (tertiary/aromatic N) is 4. The van der Waals surface area contributed by atoms with Gasteiger partial charge in [-0.2, -0.15) is 0 Å². The lowest BCUT2D eigenvalue weighted by atomic mass is 9.90. The first-order valence-corrected chi connectivity index (χ1v) is 9.65. The number of fused-ring (bicyclic) bond motifs is 1. The maximum atomic E-state index is 13.2. The SMILES string of the molecule is CC(F)(F)CN1CCC(C(=O)Cc2cc3nc(-c4cnco4)ccc3cn2)CC1. The molecule has 0 amide bonds. The molecule has 1 saturated heterocycles. The molecule has 29 heavy (non-hydrogen) atoms. The van der Waals surface area contributed by atoms with Gasteiger partial charge in [0, 0.05) is 36.5 Å². The van der Waals surface area contributed by atoms with Crippen molar-refractivity contribution in [3.8, 4) is 11.5 Å². The molecule has 0 atom stereocenters. The number of hydrogen-bond donors (Lipinski definition) is 0. The van der Waals surface area contributed by atoms with Crippen LogP contribution in [0.1, 0.15) is 25.5 Å². The molecule has 0 saturated carbocycles. The second-order valence-corrected chi connectivity index (χ2v) is 7.69. The first-order chi connectivity index (χ1) is 13.9. The van der Waals surface area contributed by atoms with Crippen LogP contribution in [-0.2, 0) is 11.2 Å². The van der Waals surface area contributed by atoms with E-state index in [4.69, 9.17) is 4.42 Å². The summed E-state index contributed by atoms with van der Waals surface area (Å²) in [5.41, 5.74) is 2.06. The second-order valence-electron chi connectivity index (χ2n) is 7.69. The molecule has 0 radical (unpaired) electrons. The summed E-state index contributed by atoms with van der Waals surface area (Å²) in [6.07, 6.45) is 6.10. The van der Waals surface area contributed by atoms with Crippen molar-refractivity contribution >= 4 is 16.7 Å². The van der Waals surface area contributed by atoms with E-state index in [1.807, 2.05) is 18.2 Å². The Balaban J connectivity index is 1.42. The van der Waals surface area contributed by atoms with Crippen molar-refractivity contribution in [1.29, 1.82) is 0 Å². The summed E-state index contributed by atoms with van der Waals surface area (Å²) in [6.45, 7) is 1.72. The van der Waals surface area contributed by atoms with Crippen LogP contribution in [0.4, 0.5) is 8.78 Å². The Morgan fingerprint density at radius 2 is 2.07 bits per heavy atom. The molecule has 8 heteroatoms. The van der Waals surface area contributed by atoms with E-state index in [1.165, 1.54) is 6.39 Å². The highest BCUT2D eigenvalue weighted by Crippen LogP contribution is 2.24. The van der Waals surface area contributed by atoms with E-state index in [9.17, 15) is 13.6 Å². The minimum atomic E-state index is -2.70. The van der Waals surface area contributed by atoms with Crippen molar-refractivity contribution < 1.29 is 18.0 Å². The number of alkyl halides is 2. The Bertz CT molecular complexity index is 994. The Morgan fingerprint density at radius 1 is 1.28 bits per heavy atom. The van der Waals surface area contributed by atoms with Gasteiger partial charge in [-0.25, -0.2) is 18.7 Å². The molecule has 3 aromatic rings. The number of pyridine rings is 2. The molecule has 152 valence electrons. The largest absolute Gasteiger partial charge is 0.442 e. The van der Waals surface area contributed by atoms with Crippen molar-refractivity contribution in [3.05, 3.63) is 42.7 Å². The molecule has 3 aromatic heterocycles. The minimum Gasteiger partial charge on any atom is -0.442 e. The van der Waals surface area contributed by atoms with E-state index < -0.39 is 5.92 Å². The molecule has 0 aliphatic carbocycles. The van der Waals surface area contributed by atoms with Gasteiger partial charge in [-0.15, -0.1) is 0 Å². The average Bonchev–Trinajstić information content (AvgIpc) is 3.21. The Kier molecular flexibility index (Phi) is 5.36. The molecule has 4 rings (SSSR count). The summed E-state index contributed by atoms with van der Waals surface area (Å²) in [5.74, 6) is -2.14. The van der Waals surface area contributed by atoms with Crippen molar-refractivity contribution in [2.75, 3.05) is 19.6 Å². The van der Waals surface area contributed by atoms with Crippen LogP contribution in [0, 0.1) is 5.92 Å². The van der Waals surface area contributed by atoms with Crippen molar-refractivity contribution in [1.82, 2.24) is 19.9 Å². The van der Waals surface area contributed by atoms with Gasteiger partial charge in [0.05, 0.1) is 18.3 Å². The number of carbonyl (C=O) groups is 1. The fraction of sp³-hybridized carbons (Fsp3) is 0.429. The number of likely N-dealkylation sites (tertiary alicyclic amines) is 1. The molecule has 0 unspecified atom stereocenters. The van der Waals surface area contributed by atoms with E-state index in [0.29, 0.717) is 43.1 Å². The zero-order chi connectivity index (χ0) is 20.4. The van der Waals surface area contributed by atoms with Crippen LogP contribution in [0.25, 0.3) is 22.4 Å². The first-order valence-electron chi connectivity index (χ1n) is 9.65. The molecule has 6 nitrogen and oxygen atoms in total. The summed E-state index contributed by atoms with van der Waals surface area (Å²) in [5, 5.41) is 0.873. The summed E-state index contributed by atoms with van der Waals surface area (Å²) in [7, 11) is 0. The van der Waals surface area contributed by atoms with Crippen LogP contribution in [0.5, 0.6) is 0 Å². The van der Waals surface area contributed by atoms with Crippen molar-refractivity contribution in [2.24, 2.45) is 5.92 Å². The number of aromatic nitrogens is 3. The van der Waals surface area contributed by atoms with Gasteiger partial charge in [-0.1, -0.05) is 0 Å². The Morgan fingerprint density at radius 3 is 2.76 bits per heavy atom. The number of halogens is 2. The number of piperidine rings is 1. The highest BCUT2D eigenvalue weighted by atomic mass is 19.3. The van der Waals surface area contributed by atoms with Crippen LogP contribution in [-0.4, -0.2) is 51.2 Å². The Hall–Kier alpha value is -2.74. The van der Waals surface area contributed by atoms with E-state index in [1.54, 1.807) is 17.3 Å². The Labute approximate surface area is 167 Å². The molecule has 0 spiro atoms. The standard InChI is InChI=1S/C21H22F2N4O2/c1-21(22,23)12-27-6-4-14(5-7-27)19(28)9-16-8-18-15(10-25-16)2-3-17(26-18)20-11-24-13-29-20/h2-3,8,10-11,13-14H,4-7,9,12H2,1H3. The lowest BCUT2D eigenvalue weighted by Gasteiger charge is -2.32. The van der Waals surface area contributed by atoms with Gasteiger partial charge in [0.2, 0.25) is 0 Å². The molecule has 4 heterocycles.